The summed E-state index contributed by atoms with van der Waals surface area (Å²) < 4.78 is 0. The van der Waals surface area contributed by atoms with Crippen LogP contribution < -0.4 is 11.1 Å². The third-order valence-electron chi connectivity index (χ3n) is 6.82. The predicted molar refractivity (Wildman–Crippen MR) is 123 cm³/mol. The maximum absolute atomic E-state index is 11.3. The van der Waals surface area contributed by atoms with Gasteiger partial charge < -0.3 is 20.9 Å². The molecule has 2 saturated heterocycles. The lowest BCUT2D eigenvalue weighted by atomic mass is 9.82. The first-order valence-electron chi connectivity index (χ1n) is 11.6. The average Bonchev–Trinajstić information content (AvgIpc) is 2.77. The Hall–Kier alpha value is -2.08. The number of hydrogen-bond acceptors (Lipinski definition) is 3. The Kier molecular flexibility index (Phi) is 8.55. The zero-order chi connectivity index (χ0) is 21.3. The number of benzene rings is 1. The maximum Gasteiger partial charge on any atom is 0.220 e. The first-order chi connectivity index (χ1) is 14.6. The van der Waals surface area contributed by atoms with Gasteiger partial charge in [0, 0.05) is 32.6 Å². The Morgan fingerprint density at radius 2 is 1.87 bits per heavy atom. The van der Waals surface area contributed by atoms with Crippen LogP contribution in [0.4, 0.5) is 0 Å². The average molecular weight is 414 g/mol. The highest BCUT2D eigenvalue weighted by atomic mass is 16.1. The number of primary amides is 1. The van der Waals surface area contributed by atoms with Crippen LogP contribution in [0.3, 0.4) is 0 Å². The van der Waals surface area contributed by atoms with Crippen LogP contribution in [0.1, 0.15) is 50.5 Å². The molecule has 2 fully saturated rings. The number of aliphatic imine (C=N–C) groups is 1. The molecular weight excluding hydrogens is 374 g/mol. The monoisotopic (exact) mass is 413 g/mol. The van der Waals surface area contributed by atoms with Crippen molar-refractivity contribution in [3.8, 4) is 0 Å². The molecule has 0 bridgehead atoms. The predicted octanol–water partition coefficient (Wildman–Crippen LogP) is 2.66. The number of carbonyl (C=O) groups excluding carboxylic acids is 1. The number of unbranched alkanes of at least 4 members (excludes halogenated alkanes) is 1. The summed E-state index contributed by atoms with van der Waals surface area (Å²) in [6.45, 7) is 8.52. The van der Waals surface area contributed by atoms with Gasteiger partial charge in [-0.3, -0.25) is 9.79 Å². The number of nitrogens with two attached hydrogens (primary N) is 1. The molecule has 6 heteroatoms. The van der Waals surface area contributed by atoms with Gasteiger partial charge in [-0.15, -0.1) is 0 Å². The first kappa shape index (κ1) is 22.6. The molecule has 0 aromatic heterocycles. The molecule has 0 radical (unpaired) electrons. The molecule has 3 rings (SSSR count). The van der Waals surface area contributed by atoms with E-state index < -0.39 is 0 Å². The van der Waals surface area contributed by atoms with Crippen molar-refractivity contribution < 1.29 is 4.79 Å². The van der Waals surface area contributed by atoms with Crippen molar-refractivity contribution in [3.05, 3.63) is 35.9 Å². The topological polar surface area (TPSA) is 74.0 Å². The Morgan fingerprint density at radius 1 is 1.13 bits per heavy atom. The molecule has 166 valence electrons. The molecule has 6 nitrogen and oxygen atoms in total. The van der Waals surface area contributed by atoms with Crippen molar-refractivity contribution in [1.82, 2.24) is 15.1 Å². The molecule has 2 aliphatic rings. The smallest absolute Gasteiger partial charge is 0.220 e. The Balaban J connectivity index is 1.34. The van der Waals surface area contributed by atoms with Crippen LogP contribution in [0.15, 0.2) is 35.3 Å². The number of carbonyl (C=O) groups is 1. The second kappa shape index (κ2) is 11.3. The van der Waals surface area contributed by atoms with Gasteiger partial charge in [0.2, 0.25) is 5.91 Å². The maximum atomic E-state index is 11.3. The van der Waals surface area contributed by atoms with E-state index >= 15 is 0 Å². The van der Waals surface area contributed by atoms with E-state index in [0.717, 1.165) is 70.9 Å². The van der Waals surface area contributed by atoms with Gasteiger partial charge >= 0.3 is 0 Å². The third-order valence-corrected chi connectivity index (χ3v) is 6.82. The van der Waals surface area contributed by atoms with Gasteiger partial charge in [0.1, 0.15) is 0 Å². The van der Waals surface area contributed by atoms with Crippen molar-refractivity contribution >= 4 is 11.9 Å². The molecule has 0 aliphatic carbocycles. The number of nitrogens with zero attached hydrogens (tertiary/aromatic N) is 3. The highest BCUT2D eigenvalue weighted by molar-refractivity contribution is 5.80. The van der Waals surface area contributed by atoms with E-state index in [1.54, 1.807) is 0 Å². The van der Waals surface area contributed by atoms with Crippen LogP contribution >= 0.6 is 0 Å². The molecule has 2 heterocycles. The van der Waals surface area contributed by atoms with E-state index in [1.807, 2.05) is 7.05 Å². The number of nitrogens with one attached hydrogen (secondary N) is 1. The third kappa shape index (κ3) is 6.21. The second-order valence-corrected chi connectivity index (χ2v) is 8.93. The number of likely N-dealkylation sites (tertiary alicyclic amines) is 2. The summed E-state index contributed by atoms with van der Waals surface area (Å²) >= 11 is 0. The molecule has 0 saturated carbocycles. The highest BCUT2D eigenvalue weighted by Crippen LogP contribution is 2.32. The van der Waals surface area contributed by atoms with Gasteiger partial charge in [0.25, 0.3) is 0 Å². The van der Waals surface area contributed by atoms with Crippen molar-refractivity contribution in [1.29, 1.82) is 0 Å². The summed E-state index contributed by atoms with van der Waals surface area (Å²) in [5.74, 6) is 2.24. The highest BCUT2D eigenvalue weighted by Gasteiger charge is 2.28. The minimum absolute atomic E-state index is 0.0830. The molecule has 2 atom stereocenters. The lowest BCUT2D eigenvalue weighted by molar-refractivity contribution is -0.123. The molecule has 1 aromatic carbocycles. The van der Waals surface area contributed by atoms with Crippen LogP contribution in [0.2, 0.25) is 0 Å². The van der Waals surface area contributed by atoms with Crippen LogP contribution in [-0.2, 0) is 4.79 Å². The number of rotatable bonds is 7. The zero-order valence-corrected chi connectivity index (χ0v) is 18.7. The molecule has 2 unspecified atom stereocenters. The van der Waals surface area contributed by atoms with Gasteiger partial charge in [0.15, 0.2) is 5.96 Å². The Bertz CT molecular complexity index is 684. The minimum atomic E-state index is -0.132. The van der Waals surface area contributed by atoms with E-state index in [0.29, 0.717) is 11.8 Å². The minimum Gasteiger partial charge on any atom is -0.369 e. The van der Waals surface area contributed by atoms with Crippen LogP contribution in [0.5, 0.6) is 0 Å². The number of amides is 1. The molecule has 30 heavy (non-hydrogen) atoms. The number of guanidine groups is 1. The first-order valence-corrected chi connectivity index (χ1v) is 11.6. The molecule has 1 aromatic rings. The van der Waals surface area contributed by atoms with Crippen LogP contribution in [0.25, 0.3) is 0 Å². The summed E-state index contributed by atoms with van der Waals surface area (Å²) in [7, 11) is 1.89. The molecule has 1 amide bonds. The largest absolute Gasteiger partial charge is 0.369 e. The quantitative estimate of drug-likeness (QED) is 0.409. The summed E-state index contributed by atoms with van der Waals surface area (Å²) in [5, 5.41) is 3.57. The van der Waals surface area contributed by atoms with Crippen molar-refractivity contribution in [3.63, 3.8) is 0 Å². The van der Waals surface area contributed by atoms with Crippen molar-refractivity contribution in [2.24, 2.45) is 22.6 Å². The van der Waals surface area contributed by atoms with Crippen molar-refractivity contribution in [2.75, 3.05) is 46.3 Å². The fourth-order valence-corrected chi connectivity index (χ4v) is 4.97. The van der Waals surface area contributed by atoms with Gasteiger partial charge in [-0.05, 0) is 69.1 Å². The van der Waals surface area contributed by atoms with E-state index in [2.05, 4.69) is 57.4 Å². The zero-order valence-electron chi connectivity index (χ0n) is 18.7. The summed E-state index contributed by atoms with van der Waals surface area (Å²) in [6.07, 6.45) is 5.30. The lowest BCUT2D eigenvalue weighted by Crippen LogP contribution is -2.48. The van der Waals surface area contributed by atoms with Gasteiger partial charge in [0.05, 0.1) is 0 Å². The number of hydrogen-bond donors (Lipinski definition) is 2. The Labute approximate surface area is 181 Å². The van der Waals surface area contributed by atoms with E-state index in [-0.39, 0.29) is 11.8 Å². The van der Waals surface area contributed by atoms with E-state index in [9.17, 15) is 4.79 Å². The van der Waals surface area contributed by atoms with Gasteiger partial charge in [-0.2, -0.15) is 0 Å². The van der Waals surface area contributed by atoms with Crippen LogP contribution in [0, 0.1) is 11.8 Å². The van der Waals surface area contributed by atoms with E-state index in [4.69, 9.17) is 5.73 Å². The summed E-state index contributed by atoms with van der Waals surface area (Å²) in [5.41, 5.74) is 6.89. The summed E-state index contributed by atoms with van der Waals surface area (Å²) in [6, 6.07) is 10.9. The molecular formula is C24H39N5O. The fourth-order valence-electron chi connectivity index (χ4n) is 4.97. The van der Waals surface area contributed by atoms with Gasteiger partial charge in [-0.1, -0.05) is 37.3 Å². The molecule has 2 aliphatic heterocycles. The van der Waals surface area contributed by atoms with Gasteiger partial charge in [-0.25, -0.2) is 0 Å². The van der Waals surface area contributed by atoms with E-state index in [1.165, 1.54) is 12.0 Å². The fraction of sp³-hybridized carbons (Fsp3) is 0.667. The van der Waals surface area contributed by atoms with Crippen LogP contribution in [-0.4, -0.2) is 68.0 Å². The summed E-state index contributed by atoms with van der Waals surface area (Å²) in [4.78, 5) is 20.7. The Morgan fingerprint density at radius 3 is 2.50 bits per heavy atom. The SMILES string of the molecule is CN=C(NCCCCN1CCC(C(N)=O)CC1)N1CCC(c2ccccc2)C(C)C1. The second-order valence-electron chi connectivity index (χ2n) is 8.93. The molecule has 0 spiro atoms. The standard InChI is InChI=1S/C24H39N5O/c1-19-18-29(17-12-22(19)20-8-4-3-5-9-20)24(26-2)27-13-6-7-14-28-15-10-21(11-16-28)23(25)30/h3-5,8-9,19,21-22H,6-7,10-18H2,1-2H3,(H2,25,30)(H,26,27). The molecule has 3 N–H and O–H groups in total. The number of piperidine rings is 2. The lowest BCUT2D eigenvalue weighted by Gasteiger charge is -2.39. The van der Waals surface area contributed by atoms with Crippen molar-refractivity contribution in [2.45, 2.75) is 44.9 Å². The normalized spacial score (nSPS) is 24.1.